The van der Waals surface area contributed by atoms with Crippen molar-refractivity contribution in [3.63, 3.8) is 0 Å². The Balaban J connectivity index is 1.97. The lowest BCUT2D eigenvalue weighted by Crippen LogP contribution is -2.48. The topological polar surface area (TPSA) is 63.3 Å². The van der Waals surface area contributed by atoms with Crippen LogP contribution in [0.4, 0.5) is 0 Å². The number of hydrogen-bond donors (Lipinski definition) is 0. The van der Waals surface area contributed by atoms with Crippen molar-refractivity contribution in [3.05, 3.63) is 0 Å². The van der Waals surface area contributed by atoms with E-state index in [0.29, 0.717) is 12.8 Å². The van der Waals surface area contributed by atoms with E-state index in [0.717, 1.165) is 19.3 Å². The van der Waals surface area contributed by atoms with E-state index in [1.54, 1.807) is 0 Å². The van der Waals surface area contributed by atoms with E-state index in [1.165, 1.54) is 0 Å². The lowest BCUT2D eigenvalue weighted by atomic mass is 9.80. The minimum absolute atomic E-state index is 0.0446. The van der Waals surface area contributed by atoms with Gasteiger partial charge in [-0.1, -0.05) is 0 Å². The first-order chi connectivity index (χ1) is 6.14. The molecule has 2 aliphatic rings. The van der Waals surface area contributed by atoms with Gasteiger partial charge in [-0.15, -0.1) is 0 Å². The molecule has 2 saturated carbocycles. The monoisotopic (exact) mass is 183 g/mol. The molecule has 13 heavy (non-hydrogen) atoms. The third-order valence-electron chi connectivity index (χ3n) is 2.74. The Labute approximate surface area is 75.9 Å². The summed E-state index contributed by atoms with van der Waals surface area (Å²) in [5.41, 5.74) is -1.28. The van der Waals surface area contributed by atoms with E-state index in [2.05, 4.69) is 0 Å². The van der Waals surface area contributed by atoms with Crippen molar-refractivity contribution in [1.82, 2.24) is 0 Å². The molecule has 71 valence electrons. The van der Waals surface area contributed by atoms with Crippen molar-refractivity contribution in [1.29, 1.82) is 0 Å². The summed E-state index contributed by atoms with van der Waals surface area (Å²) >= 11 is 0. The molecular weight excluding hydrogens is 172 g/mol. The molecule has 0 atom stereocenters. The smallest absolute Gasteiger partial charge is 0.398 e. The van der Waals surface area contributed by atoms with Gasteiger partial charge >= 0.3 is 11.9 Å². The molecule has 0 aromatic rings. The zero-order chi connectivity index (χ0) is 9.47. The molecule has 0 aromatic carbocycles. The Bertz CT molecular complexity index is 250. The maximum Gasteiger partial charge on any atom is 0.398 e. The maximum absolute atomic E-state index is 11.2. The molecule has 0 bridgehead atoms. The van der Waals surface area contributed by atoms with Crippen LogP contribution in [0.5, 0.6) is 0 Å². The van der Waals surface area contributed by atoms with Gasteiger partial charge in [-0.25, -0.2) is 9.90 Å². The second-order valence-electron chi connectivity index (χ2n) is 3.83. The zero-order valence-corrected chi connectivity index (χ0v) is 7.25. The molecule has 4 heteroatoms. The molecule has 0 spiro atoms. The van der Waals surface area contributed by atoms with E-state index in [4.69, 9.17) is 4.74 Å². The Morgan fingerprint density at radius 3 is 2.15 bits per heavy atom. The van der Waals surface area contributed by atoms with Crippen LogP contribution in [0.15, 0.2) is 0 Å². The number of carbonyl (C=O) groups excluding carboxylic acids is 2. The summed E-state index contributed by atoms with van der Waals surface area (Å²) in [6.07, 6.45) is 3.29. The largest absolute Gasteiger partial charge is 0.447 e. The van der Waals surface area contributed by atoms with Crippen LogP contribution >= 0.6 is 0 Å². The number of carbonyl (C=O) groups is 2. The van der Waals surface area contributed by atoms with Gasteiger partial charge in [0.15, 0.2) is 0 Å². The molecule has 2 aliphatic carbocycles. The van der Waals surface area contributed by atoms with Crippen LogP contribution in [0.3, 0.4) is 0 Å². The van der Waals surface area contributed by atoms with Crippen molar-refractivity contribution < 1.29 is 19.4 Å². The van der Waals surface area contributed by atoms with E-state index in [1.807, 2.05) is 0 Å². The summed E-state index contributed by atoms with van der Waals surface area (Å²) in [5.74, 6) is -1.64. The molecule has 0 amide bonds. The summed E-state index contributed by atoms with van der Waals surface area (Å²) in [7, 11) is 0. The number of ether oxygens (including phenoxy) is 1. The number of esters is 1. The third-order valence-corrected chi connectivity index (χ3v) is 2.74. The summed E-state index contributed by atoms with van der Waals surface area (Å²) in [4.78, 5) is 21.9. The van der Waals surface area contributed by atoms with Gasteiger partial charge in [0, 0.05) is 0 Å². The van der Waals surface area contributed by atoms with Gasteiger partial charge in [-0.3, -0.25) is 4.79 Å². The fourth-order valence-electron chi connectivity index (χ4n) is 1.44. The zero-order valence-electron chi connectivity index (χ0n) is 7.25. The van der Waals surface area contributed by atoms with Crippen LogP contribution in [0, 0.1) is 5.92 Å². The highest BCUT2D eigenvalue weighted by molar-refractivity contribution is 5.84. The van der Waals surface area contributed by atoms with Gasteiger partial charge in [-0.2, -0.15) is 0 Å². The number of rotatable bonds is 3. The lowest BCUT2D eigenvalue weighted by Gasteiger charge is -2.35. The quantitative estimate of drug-likeness (QED) is 0.608. The molecule has 0 N–H and O–H groups in total. The predicted octanol–water partition coefficient (Wildman–Crippen LogP) is 0.819. The molecule has 0 aliphatic heterocycles. The molecule has 0 heterocycles. The third kappa shape index (κ3) is 1.41. The van der Waals surface area contributed by atoms with Crippen molar-refractivity contribution >= 4 is 11.9 Å². The fraction of sp³-hybridized carbons (Fsp3) is 0.778. The van der Waals surface area contributed by atoms with Crippen LogP contribution < -0.4 is 0 Å². The molecule has 2 rings (SSSR count). The minimum atomic E-state index is -1.28. The van der Waals surface area contributed by atoms with Gasteiger partial charge in [0.2, 0.25) is 5.60 Å². The van der Waals surface area contributed by atoms with Crippen molar-refractivity contribution in [2.75, 3.05) is 0 Å². The Morgan fingerprint density at radius 2 is 1.85 bits per heavy atom. The second kappa shape index (κ2) is 2.72. The van der Waals surface area contributed by atoms with Crippen LogP contribution in [0.1, 0.15) is 32.1 Å². The summed E-state index contributed by atoms with van der Waals surface area (Å²) in [5, 5.41) is 10.7. The Hall–Kier alpha value is -1.06. The standard InChI is InChI=1S/C9H11O4/c10-7(6-2-3-6)13-9(8(11)12)4-1-5-9/h6H,1-5H2. The van der Waals surface area contributed by atoms with Crippen LogP contribution in [0.2, 0.25) is 0 Å². The van der Waals surface area contributed by atoms with Gasteiger partial charge in [-0.05, 0) is 32.1 Å². The first-order valence-corrected chi connectivity index (χ1v) is 4.58. The van der Waals surface area contributed by atoms with Gasteiger partial charge < -0.3 is 4.74 Å². The summed E-state index contributed by atoms with van der Waals surface area (Å²) in [6, 6.07) is 0. The van der Waals surface area contributed by atoms with Gasteiger partial charge in [0.05, 0.1) is 5.92 Å². The maximum atomic E-state index is 11.2. The highest BCUT2D eigenvalue weighted by atomic mass is 16.6. The molecule has 1 radical (unpaired) electrons. The molecule has 2 fully saturated rings. The fourth-order valence-corrected chi connectivity index (χ4v) is 1.44. The van der Waals surface area contributed by atoms with Crippen LogP contribution in [0.25, 0.3) is 0 Å². The second-order valence-corrected chi connectivity index (χ2v) is 3.83. The minimum Gasteiger partial charge on any atom is -0.447 e. The summed E-state index contributed by atoms with van der Waals surface area (Å²) in [6.45, 7) is 0. The average molecular weight is 183 g/mol. The van der Waals surface area contributed by atoms with Crippen molar-refractivity contribution in [3.8, 4) is 0 Å². The lowest BCUT2D eigenvalue weighted by molar-refractivity contribution is -0.194. The van der Waals surface area contributed by atoms with E-state index in [-0.39, 0.29) is 11.9 Å². The van der Waals surface area contributed by atoms with Gasteiger partial charge in [0.1, 0.15) is 0 Å². The average Bonchev–Trinajstić information content (AvgIpc) is 2.76. The van der Waals surface area contributed by atoms with Crippen molar-refractivity contribution in [2.24, 2.45) is 5.92 Å². The highest BCUT2D eigenvalue weighted by Crippen LogP contribution is 2.39. The van der Waals surface area contributed by atoms with E-state index in [9.17, 15) is 14.7 Å². The number of hydrogen-bond acceptors (Lipinski definition) is 3. The highest BCUT2D eigenvalue weighted by Gasteiger charge is 2.51. The predicted molar refractivity (Wildman–Crippen MR) is 41.1 cm³/mol. The van der Waals surface area contributed by atoms with Crippen LogP contribution in [-0.4, -0.2) is 17.5 Å². The van der Waals surface area contributed by atoms with Gasteiger partial charge in [0.25, 0.3) is 0 Å². The normalized spacial score (nSPS) is 24.6. The van der Waals surface area contributed by atoms with E-state index >= 15 is 0 Å². The SMILES string of the molecule is [O]C(=O)C1(OC(=O)C2CC2)CCC1. The van der Waals surface area contributed by atoms with Crippen LogP contribution in [-0.2, 0) is 19.4 Å². The first kappa shape index (κ1) is 8.53. The first-order valence-electron chi connectivity index (χ1n) is 4.58. The Morgan fingerprint density at radius 1 is 1.23 bits per heavy atom. The summed E-state index contributed by atoms with van der Waals surface area (Å²) < 4.78 is 4.96. The molecule has 4 nitrogen and oxygen atoms in total. The molecule has 0 unspecified atom stereocenters. The van der Waals surface area contributed by atoms with E-state index < -0.39 is 11.6 Å². The molecule has 0 saturated heterocycles. The van der Waals surface area contributed by atoms with Crippen molar-refractivity contribution in [2.45, 2.75) is 37.7 Å². The molecular formula is C9H11O4. The molecule has 0 aromatic heterocycles. The Kier molecular flexibility index (Phi) is 1.78.